The number of aromatic nitrogens is 1. The van der Waals surface area contributed by atoms with E-state index in [0.717, 1.165) is 12.0 Å². The second-order valence-electron chi connectivity index (χ2n) is 4.40. The number of nitrogens with two attached hydrogens (primary N) is 1. The lowest BCUT2D eigenvalue weighted by Crippen LogP contribution is -2.32. The van der Waals surface area contributed by atoms with Crippen LogP contribution >= 0.6 is 0 Å². The van der Waals surface area contributed by atoms with Crippen LogP contribution in [-0.2, 0) is 16.1 Å². The fourth-order valence-electron chi connectivity index (χ4n) is 2.24. The summed E-state index contributed by atoms with van der Waals surface area (Å²) in [4.78, 5) is 28.8. The number of fused-ring (bicyclic) bond motifs is 1. The van der Waals surface area contributed by atoms with E-state index >= 15 is 0 Å². The molecule has 3 rings (SSSR count). The molecule has 1 aliphatic heterocycles. The van der Waals surface area contributed by atoms with E-state index in [1.807, 2.05) is 0 Å². The number of piperidine rings is 1. The van der Waals surface area contributed by atoms with Crippen molar-refractivity contribution in [2.45, 2.75) is 13.0 Å². The first-order valence-corrected chi connectivity index (χ1v) is 5.47. The summed E-state index contributed by atoms with van der Waals surface area (Å²) >= 11 is 0. The number of rotatable bonds is 3. The van der Waals surface area contributed by atoms with Gasteiger partial charge >= 0.3 is 0 Å². The highest BCUT2D eigenvalue weighted by atomic mass is 16.2. The van der Waals surface area contributed by atoms with Crippen molar-refractivity contribution in [3.8, 4) is 0 Å². The molecule has 2 atom stereocenters. The first-order valence-electron chi connectivity index (χ1n) is 5.47. The normalized spacial score (nSPS) is 26.1. The van der Waals surface area contributed by atoms with Gasteiger partial charge in [0.2, 0.25) is 11.8 Å². The van der Waals surface area contributed by atoms with Gasteiger partial charge in [-0.2, -0.15) is 0 Å². The number of anilines is 1. The summed E-state index contributed by atoms with van der Waals surface area (Å²) in [6.45, 7) is 0.307. The zero-order chi connectivity index (χ0) is 12.0. The highest BCUT2D eigenvalue weighted by molar-refractivity contribution is 6.08. The van der Waals surface area contributed by atoms with Crippen molar-refractivity contribution >= 4 is 17.6 Å². The summed E-state index contributed by atoms with van der Waals surface area (Å²) in [6.07, 6.45) is 2.33. The van der Waals surface area contributed by atoms with Gasteiger partial charge in [0, 0.05) is 6.20 Å². The van der Waals surface area contributed by atoms with Crippen LogP contribution in [0.3, 0.4) is 0 Å². The molecular formula is C11H12N4O2. The highest BCUT2D eigenvalue weighted by Crippen LogP contribution is 2.47. The fourth-order valence-corrected chi connectivity index (χ4v) is 2.24. The second-order valence-corrected chi connectivity index (χ2v) is 4.40. The van der Waals surface area contributed by atoms with E-state index in [0.29, 0.717) is 12.4 Å². The van der Waals surface area contributed by atoms with Crippen LogP contribution in [0, 0.1) is 11.8 Å². The number of hydrazine groups is 1. The Morgan fingerprint density at radius 3 is 2.76 bits per heavy atom. The van der Waals surface area contributed by atoms with E-state index in [1.165, 1.54) is 4.90 Å². The maximum Gasteiger partial charge on any atom is 0.233 e. The standard InChI is InChI=1S/C11H12N4O2/c12-14-9-3-6(1-2-13-9)5-15-10(16)7-4-8(7)11(15)17/h1-3,7-8H,4-5,12H2,(H,13,14). The number of pyridine rings is 1. The molecule has 0 spiro atoms. The minimum absolute atomic E-state index is 0.0425. The van der Waals surface area contributed by atoms with Gasteiger partial charge in [-0.05, 0) is 24.1 Å². The summed E-state index contributed by atoms with van der Waals surface area (Å²) < 4.78 is 0. The number of carbonyl (C=O) groups excluding carboxylic acids is 2. The van der Waals surface area contributed by atoms with Crippen LogP contribution in [0.5, 0.6) is 0 Å². The van der Waals surface area contributed by atoms with E-state index in [2.05, 4.69) is 10.4 Å². The molecule has 1 saturated heterocycles. The third-order valence-electron chi connectivity index (χ3n) is 3.27. The summed E-state index contributed by atoms with van der Waals surface area (Å²) in [6, 6.07) is 3.50. The van der Waals surface area contributed by atoms with E-state index in [1.54, 1.807) is 18.3 Å². The van der Waals surface area contributed by atoms with Crippen LogP contribution in [0.25, 0.3) is 0 Å². The number of carbonyl (C=O) groups is 2. The highest BCUT2D eigenvalue weighted by Gasteiger charge is 2.58. The van der Waals surface area contributed by atoms with Gasteiger partial charge in [-0.25, -0.2) is 10.8 Å². The number of nitrogen functional groups attached to an aromatic ring is 1. The van der Waals surface area contributed by atoms with Crippen LogP contribution in [0.2, 0.25) is 0 Å². The third kappa shape index (κ3) is 1.57. The van der Waals surface area contributed by atoms with Crippen LogP contribution in [0.15, 0.2) is 18.3 Å². The Morgan fingerprint density at radius 2 is 2.12 bits per heavy atom. The second kappa shape index (κ2) is 3.53. The number of nitrogens with zero attached hydrogens (tertiary/aromatic N) is 2. The van der Waals surface area contributed by atoms with Gasteiger partial charge < -0.3 is 5.43 Å². The summed E-state index contributed by atoms with van der Waals surface area (Å²) in [5.74, 6) is 5.60. The van der Waals surface area contributed by atoms with Crippen molar-refractivity contribution in [2.75, 3.05) is 5.43 Å². The minimum Gasteiger partial charge on any atom is -0.308 e. The molecule has 6 heteroatoms. The Bertz CT molecular complexity index is 482. The van der Waals surface area contributed by atoms with E-state index < -0.39 is 0 Å². The molecule has 2 fully saturated rings. The smallest absolute Gasteiger partial charge is 0.233 e. The Hall–Kier alpha value is -1.95. The molecule has 1 aromatic heterocycles. The molecule has 1 aromatic rings. The number of nitrogens with one attached hydrogen (secondary N) is 1. The first-order chi connectivity index (χ1) is 8.20. The van der Waals surface area contributed by atoms with Gasteiger partial charge in [0.15, 0.2) is 0 Å². The van der Waals surface area contributed by atoms with Crippen LogP contribution < -0.4 is 11.3 Å². The van der Waals surface area contributed by atoms with Crippen LogP contribution in [-0.4, -0.2) is 21.7 Å². The number of hydrogen-bond donors (Lipinski definition) is 2. The van der Waals surface area contributed by atoms with Crippen molar-refractivity contribution in [1.29, 1.82) is 0 Å². The lowest BCUT2D eigenvalue weighted by Gasteiger charge is -2.16. The fraction of sp³-hybridized carbons (Fsp3) is 0.364. The van der Waals surface area contributed by atoms with E-state index in [-0.39, 0.29) is 23.7 Å². The molecule has 0 bridgehead atoms. The SMILES string of the molecule is NNc1cc(CN2C(=O)C3CC3C2=O)ccn1. The van der Waals surface area contributed by atoms with E-state index in [4.69, 9.17) is 5.84 Å². The zero-order valence-corrected chi connectivity index (χ0v) is 9.09. The number of hydrogen-bond acceptors (Lipinski definition) is 5. The van der Waals surface area contributed by atoms with Crippen LogP contribution in [0.1, 0.15) is 12.0 Å². The molecule has 88 valence electrons. The van der Waals surface area contributed by atoms with Gasteiger partial charge in [0.1, 0.15) is 5.82 Å². The summed E-state index contributed by atoms with van der Waals surface area (Å²) in [7, 11) is 0. The van der Waals surface area contributed by atoms with Crippen molar-refractivity contribution in [3.63, 3.8) is 0 Å². The van der Waals surface area contributed by atoms with Gasteiger partial charge in [-0.1, -0.05) is 0 Å². The maximum absolute atomic E-state index is 11.8. The Morgan fingerprint density at radius 1 is 1.41 bits per heavy atom. The summed E-state index contributed by atoms with van der Waals surface area (Å²) in [5.41, 5.74) is 3.28. The maximum atomic E-state index is 11.8. The van der Waals surface area contributed by atoms with Gasteiger partial charge in [-0.15, -0.1) is 0 Å². The quantitative estimate of drug-likeness (QED) is 0.430. The average molecular weight is 232 g/mol. The Labute approximate surface area is 97.8 Å². The van der Waals surface area contributed by atoms with E-state index in [9.17, 15) is 9.59 Å². The van der Waals surface area contributed by atoms with Crippen molar-refractivity contribution < 1.29 is 9.59 Å². The number of amides is 2. The molecule has 1 aliphatic carbocycles. The van der Waals surface area contributed by atoms with Crippen molar-refractivity contribution in [1.82, 2.24) is 9.88 Å². The predicted octanol–water partition coefficient (Wildman–Crippen LogP) is -0.128. The average Bonchev–Trinajstić information content (AvgIpc) is 3.10. The molecular weight excluding hydrogens is 220 g/mol. The Balaban J connectivity index is 1.78. The van der Waals surface area contributed by atoms with Crippen LogP contribution in [0.4, 0.5) is 5.82 Å². The molecule has 2 heterocycles. The number of likely N-dealkylation sites (tertiary alicyclic amines) is 1. The van der Waals surface area contributed by atoms with Gasteiger partial charge in [0.25, 0.3) is 0 Å². The third-order valence-corrected chi connectivity index (χ3v) is 3.27. The molecule has 0 aromatic carbocycles. The van der Waals surface area contributed by atoms with Gasteiger partial charge in [0.05, 0.1) is 18.4 Å². The first kappa shape index (κ1) is 10.2. The minimum atomic E-state index is -0.0450. The molecule has 2 aliphatic rings. The largest absolute Gasteiger partial charge is 0.308 e. The predicted molar refractivity (Wildman–Crippen MR) is 59.2 cm³/mol. The summed E-state index contributed by atoms with van der Waals surface area (Å²) in [5, 5.41) is 0. The number of imide groups is 1. The molecule has 3 N–H and O–H groups in total. The lowest BCUT2D eigenvalue weighted by atomic mass is 10.2. The van der Waals surface area contributed by atoms with Crippen molar-refractivity contribution in [3.05, 3.63) is 23.9 Å². The molecule has 0 radical (unpaired) electrons. The van der Waals surface area contributed by atoms with Crippen molar-refractivity contribution in [2.24, 2.45) is 17.7 Å². The zero-order valence-electron chi connectivity index (χ0n) is 9.09. The lowest BCUT2D eigenvalue weighted by molar-refractivity contribution is -0.142. The molecule has 2 unspecified atom stereocenters. The molecule has 1 saturated carbocycles. The molecule has 2 amide bonds. The monoisotopic (exact) mass is 232 g/mol. The topological polar surface area (TPSA) is 88.3 Å². The molecule has 17 heavy (non-hydrogen) atoms. The molecule has 6 nitrogen and oxygen atoms in total. The Kier molecular flexibility index (Phi) is 2.12. The van der Waals surface area contributed by atoms with Gasteiger partial charge in [-0.3, -0.25) is 14.5 Å².